The Hall–Kier alpha value is -2.33. The highest BCUT2D eigenvalue weighted by Crippen LogP contribution is 2.58. The largest absolute Gasteiger partial charge is 0.484 e. The van der Waals surface area contributed by atoms with Gasteiger partial charge in [0.05, 0.1) is 11.6 Å². The smallest absolute Gasteiger partial charge is 0.335 e. The summed E-state index contributed by atoms with van der Waals surface area (Å²) < 4.78 is 7.59. The lowest BCUT2D eigenvalue weighted by Gasteiger charge is -2.49. The summed E-state index contributed by atoms with van der Waals surface area (Å²) in [5.74, 6) is 0.856. The molecule has 1 saturated heterocycles. The van der Waals surface area contributed by atoms with Gasteiger partial charge in [0, 0.05) is 23.9 Å². The number of rotatable bonds is 4. The minimum atomic E-state index is -0.853. The van der Waals surface area contributed by atoms with Gasteiger partial charge in [-0.25, -0.2) is 4.79 Å². The van der Waals surface area contributed by atoms with E-state index in [2.05, 4.69) is 43.4 Å². The summed E-state index contributed by atoms with van der Waals surface area (Å²) in [5.41, 5.74) is 5.65. The fourth-order valence-corrected chi connectivity index (χ4v) is 9.43. The Kier molecular flexibility index (Phi) is 9.01. The molecule has 2 aromatic rings. The number of ether oxygens (including phenoxy) is 1. The van der Waals surface area contributed by atoms with Gasteiger partial charge in [-0.15, -0.1) is 0 Å². The van der Waals surface area contributed by atoms with Crippen molar-refractivity contribution >= 4 is 5.97 Å². The van der Waals surface area contributed by atoms with E-state index in [4.69, 9.17) is 4.74 Å². The van der Waals surface area contributed by atoms with Crippen molar-refractivity contribution in [2.45, 2.75) is 147 Å². The molecule has 2 aromatic carbocycles. The average Bonchev–Trinajstić information content (AvgIpc) is 3.63. The topological polar surface area (TPSA) is 58.6 Å². The van der Waals surface area contributed by atoms with E-state index >= 15 is 0 Å². The first-order valence-corrected chi connectivity index (χ1v) is 17.3. The van der Waals surface area contributed by atoms with Crippen LogP contribution in [0.3, 0.4) is 0 Å². The van der Waals surface area contributed by atoms with Crippen molar-refractivity contribution in [3.63, 3.8) is 0 Å². The van der Waals surface area contributed by atoms with E-state index in [1.54, 1.807) is 12.1 Å². The highest BCUT2D eigenvalue weighted by atomic mass is 16.5. The summed E-state index contributed by atoms with van der Waals surface area (Å²) >= 11 is 0. The van der Waals surface area contributed by atoms with Crippen LogP contribution in [-0.4, -0.2) is 22.7 Å². The van der Waals surface area contributed by atoms with Crippen molar-refractivity contribution in [3.8, 4) is 5.75 Å². The molecule has 2 heterocycles. The molecule has 0 amide bonds. The summed E-state index contributed by atoms with van der Waals surface area (Å²) in [4.78, 5) is 11.6. The Balaban J connectivity index is 1.45. The molecule has 4 nitrogen and oxygen atoms in total. The minimum Gasteiger partial charge on any atom is -0.484 e. The molecular formula is C38H53NO3. The van der Waals surface area contributed by atoms with Crippen LogP contribution in [0, 0.1) is 25.2 Å². The third-order valence-corrected chi connectivity index (χ3v) is 11.7. The van der Waals surface area contributed by atoms with E-state index in [0.29, 0.717) is 11.5 Å². The number of aromatic carboxylic acids is 1. The van der Waals surface area contributed by atoms with Gasteiger partial charge < -0.3 is 15.2 Å². The zero-order chi connectivity index (χ0) is 29.2. The third kappa shape index (κ3) is 5.77. The Labute approximate surface area is 254 Å². The molecule has 2 aliphatic carbocycles. The summed E-state index contributed by atoms with van der Waals surface area (Å²) in [5, 5.41) is 13.9. The number of aryl methyl sites for hydroxylation is 2. The van der Waals surface area contributed by atoms with E-state index in [-0.39, 0.29) is 23.1 Å². The van der Waals surface area contributed by atoms with Gasteiger partial charge in [-0.1, -0.05) is 101 Å². The first-order chi connectivity index (χ1) is 20.4. The van der Waals surface area contributed by atoms with Crippen molar-refractivity contribution in [2.24, 2.45) is 11.3 Å². The van der Waals surface area contributed by atoms with Gasteiger partial charge in [-0.3, -0.25) is 0 Å². The molecule has 4 aliphatic rings. The van der Waals surface area contributed by atoms with Gasteiger partial charge in [-0.2, -0.15) is 0 Å². The van der Waals surface area contributed by atoms with Gasteiger partial charge in [0.2, 0.25) is 0 Å². The lowest BCUT2D eigenvalue weighted by molar-refractivity contribution is -0.0526. The second-order valence-corrected chi connectivity index (χ2v) is 14.4. The van der Waals surface area contributed by atoms with E-state index < -0.39 is 5.97 Å². The number of carboxylic acids is 1. The zero-order valence-corrected chi connectivity index (χ0v) is 26.2. The molecule has 228 valence electrons. The Morgan fingerprint density at radius 2 is 1.36 bits per heavy atom. The molecule has 0 radical (unpaired) electrons. The van der Waals surface area contributed by atoms with E-state index in [1.807, 2.05) is 0 Å². The van der Waals surface area contributed by atoms with Gasteiger partial charge in [0.1, 0.15) is 11.4 Å². The fourth-order valence-electron chi connectivity index (χ4n) is 9.43. The first kappa shape index (κ1) is 29.7. The minimum absolute atomic E-state index is 0.183. The molecule has 3 atom stereocenters. The summed E-state index contributed by atoms with van der Waals surface area (Å²) in [7, 11) is 0. The van der Waals surface area contributed by atoms with Crippen LogP contribution in [-0.2, 0) is 6.42 Å². The molecule has 1 spiro atoms. The molecule has 42 heavy (non-hydrogen) atoms. The standard InChI is InChI=1S/C38H53NO3/c1-27-17-18-28(2)34-32(27)25-38(42-34,31-15-11-7-3-4-8-12-16-31)36-37(23-13-9-5-6-10-14-24-37)26-33(39-36)29-19-21-30(22-20-29)35(40)41/h17-22,31,33,36,39H,3-16,23-26H2,1-2H3,(H,40,41). The van der Waals surface area contributed by atoms with Crippen molar-refractivity contribution in [1.29, 1.82) is 0 Å². The monoisotopic (exact) mass is 571 g/mol. The molecule has 2 N–H and O–H groups in total. The number of carbonyl (C=O) groups is 1. The maximum absolute atomic E-state index is 11.6. The van der Waals surface area contributed by atoms with Crippen LogP contribution in [0.2, 0.25) is 0 Å². The van der Waals surface area contributed by atoms with Gasteiger partial charge in [0.25, 0.3) is 0 Å². The zero-order valence-electron chi connectivity index (χ0n) is 26.2. The second kappa shape index (κ2) is 12.7. The number of fused-ring (bicyclic) bond motifs is 1. The van der Waals surface area contributed by atoms with Crippen LogP contribution >= 0.6 is 0 Å². The van der Waals surface area contributed by atoms with Gasteiger partial charge >= 0.3 is 5.97 Å². The van der Waals surface area contributed by atoms with Crippen LogP contribution in [0.4, 0.5) is 0 Å². The van der Waals surface area contributed by atoms with Crippen molar-refractivity contribution < 1.29 is 14.6 Å². The second-order valence-electron chi connectivity index (χ2n) is 14.4. The maximum atomic E-state index is 11.6. The molecule has 2 saturated carbocycles. The molecular weight excluding hydrogens is 518 g/mol. The van der Waals surface area contributed by atoms with Crippen LogP contribution in [0.1, 0.15) is 148 Å². The lowest BCUT2D eigenvalue weighted by Crippen LogP contribution is -2.62. The molecule has 6 rings (SSSR count). The Morgan fingerprint density at radius 1 is 0.786 bits per heavy atom. The van der Waals surface area contributed by atoms with Crippen molar-refractivity contribution in [2.75, 3.05) is 0 Å². The van der Waals surface area contributed by atoms with Crippen LogP contribution < -0.4 is 10.1 Å². The number of hydrogen-bond acceptors (Lipinski definition) is 3. The molecule has 2 aliphatic heterocycles. The Morgan fingerprint density at radius 3 is 1.95 bits per heavy atom. The van der Waals surface area contributed by atoms with Crippen LogP contribution in [0.25, 0.3) is 0 Å². The first-order valence-electron chi connectivity index (χ1n) is 17.3. The fraction of sp³-hybridized carbons (Fsp3) is 0.658. The summed E-state index contributed by atoms with van der Waals surface area (Å²) in [6, 6.07) is 12.8. The number of hydrogen-bond donors (Lipinski definition) is 2. The highest BCUT2D eigenvalue weighted by molar-refractivity contribution is 5.87. The lowest BCUT2D eigenvalue weighted by atomic mass is 9.61. The predicted octanol–water partition coefficient (Wildman–Crippen LogP) is 9.65. The molecule has 0 bridgehead atoms. The van der Waals surface area contributed by atoms with Crippen molar-refractivity contribution in [1.82, 2.24) is 5.32 Å². The SMILES string of the molecule is Cc1ccc(C)c2c1CC(C1CCCCCCCC1)(C1NC(c3ccc(C(=O)O)cc3)CC13CCCCCCCC3)O2. The molecule has 0 aromatic heterocycles. The van der Waals surface area contributed by atoms with Gasteiger partial charge in [-0.05, 0) is 80.2 Å². The molecule has 4 heteroatoms. The quantitative estimate of drug-likeness (QED) is 0.384. The predicted molar refractivity (Wildman–Crippen MR) is 170 cm³/mol. The van der Waals surface area contributed by atoms with E-state index in [0.717, 1.165) is 12.8 Å². The summed E-state index contributed by atoms with van der Waals surface area (Å²) in [6.45, 7) is 4.52. The highest BCUT2D eigenvalue weighted by Gasteiger charge is 2.61. The normalized spacial score (nSPS) is 28.9. The van der Waals surface area contributed by atoms with Crippen molar-refractivity contribution in [3.05, 3.63) is 64.2 Å². The summed E-state index contributed by atoms with van der Waals surface area (Å²) in [6.07, 6.45) is 23.3. The number of nitrogens with one attached hydrogen (secondary N) is 1. The average molecular weight is 572 g/mol. The molecule has 3 unspecified atom stereocenters. The maximum Gasteiger partial charge on any atom is 0.335 e. The van der Waals surface area contributed by atoms with Crippen LogP contribution in [0.15, 0.2) is 36.4 Å². The Bertz CT molecular complexity index is 1180. The number of carboxylic acid groups (broad SMARTS) is 1. The third-order valence-electron chi connectivity index (χ3n) is 11.7. The number of benzene rings is 2. The molecule has 3 fully saturated rings. The van der Waals surface area contributed by atoms with Gasteiger partial charge in [0.15, 0.2) is 0 Å². The van der Waals surface area contributed by atoms with E-state index in [1.165, 1.54) is 131 Å². The van der Waals surface area contributed by atoms with E-state index in [9.17, 15) is 9.90 Å². The van der Waals surface area contributed by atoms with Crippen LogP contribution in [0.5, 0.6) is 5.75 Å².